The Morgan fingerprint density at radius 1 is 0.867 bits per heavy atom. The standard InChI is InChI=1S/C13H13NS/c15-10-14-13-8-4-7-12(9-13)11-5-2-1-3-6-11/h1-9,14-15H,10H2. The topological polar surface area (TPSA) is 12.0 Å². The highest BCUT2D eigenvalue weighted by atomic mass is 32.1. The molecule has 0 radical (unpaired) electrons. The predicted molar refractivity (Wildman–Crippen MR) is 69.4 cm³/mol. The van der Waals surface area contributed by atoms with Gasteiger partial charge in [0.1, 0.15) is 0 Å². The molecule has 2 aromatic rings. The Balaban J connectivity index is 2.33. The third-order valence-electron chi connectivity index (χ3n) is 2.25. The number of rotatable bonds is 3. The highest BCUT2D eigenvalue weighted by Crippen LogP contribution is 2.22. The van der Waals surface area contributed by atoms with Crippen molar-refractivity contribution in [2.24, 2.45) is 0 Å². The van der Waals surface area contributed by atoms with E-state index in [0.29, 0.717) is 5.88 Å². The first-order chi connectivity index (χ1) is 7.40. The van der Waals surface area contributed by atoms with Crippen molar-refractivity contribution in [1.29, 1.82) is 0 Å². The molecular weight excluding hydrogens is 202 g/mol. The number of thiol groups is 1. The van der Waals surface area contributed by atoms with E-state index >= 15 is 0 Å². The van der Waals surface area contributed by atoms with Crippen molar-refractivity contribution in [3.63, 3.8) is 0 Å². The lowest BCUT2D eigenvalue weighted by atomic mass is 10.1. The summed E-state index contributed by atoms with van der Waals surface area (Å²) in [5.74, 6) is 0.651. The molecule has 0 saturated carbocycles. The summed E-state index contributed by atoms with van der Waals surface area (Å²) in [5, 5.41) is 3.18. The van der Waals surface area contributed by atoms with Crippen molar-refractivity contribution in [3.8, 4) is 11.1 Å². The summed E-state index contributed by atoms with van der Waals surface area (Å²) < 4.78 is 0. The molecule has 0 unspecified atom stereocenters. The molecule has 0 spiro atoms. The van der Waals surface area contributed by atoms with Crippen LogP contribution in [0, 0.1) is 0 Å². The van der Waals surface area contributed by atoms with Crippen LogP contribution in [0.3, 0.4) is 0 Å². The summed E-state index contributed by atoms with van der Waals surface area (Å²) in [6, 6.07) is 18.7. The van der Waals surface area contributed by atoms with Crippen LogP contribution in [0.25, 0.3) is 11.1 Å². The van der Waals surface area contributed by atoms with Gasteiger partial charge in [0.05, 0.1) is 5.88 Å². The molecule has 15 heavy (non-hydrogen) atoms. The molecule has 0 fully saturated rings. The zero-order valence-corrected chi connectivity index (χ0v) is 9.24. The van der Waals surface area contributed by atoms with Crippen LogP contribution in [0.4, 0.5) is 5.69 Å². The van der Waals surface area contributed by atoms with E-state index in [1.165, 1.54) is 11.1 Å². The lowest BCUT2D eigenvalue weighted by Crippen LogP contribution is -1.93. The Morgan fingerprint density at radius 2 is 1.60 bits per heavy atom. The van der Waals surface area contributed by atoms with Gasteiger partial charge in [0.2, 0.25) is 0 Å². The second-order valence-corrected chi connectivity index (χ2v) is 3.60. The monoisotopic (exact) mass is 215 g/mol. The van der Waals surface area contributed by atoms with Crippen LogP contribution >= 0.6 is 12.6 Å². The fraction of sp³-hybridized carbons (Fsp3) is 0.0769. The maximum Gasteiger partial charge on any atom is 0.0581 e. The summed E-state index contributed by atoms with van der Waals surface area (Å²) in [7, 11) is 0. The quantitative estimate of drug-likeness (QED) is 0.588. The molecule has 76 valence electrons. The molecule has 2 rings (SSSR count). The van der Waals surface area contributed by atoms with Crippen molar-refractivity contribution in [2.45, 2.75) is 0 Å². The van der Waals surface area contributed by atoms with Gasteiger partial charge in [-0.05, 0) is 23.3 Å². The Kier molecular flexibility index (Phi) is 3.30. The number of benzene rings is 2. The molecule has 0 aromatic heterocycles. The van der Waals surface area contributed by atoms with Gasteiger partial charge in [-0.25, -0.2) is 0 Å². The van der Waals surface area contributed by atoms with Gasteiger partial charge in [0.25, 0.3) is 0 Å². The predicted octanol–water partition coefficient (Wildman–Crippen LogP) is 3.65. The van der Waals surface area contributed by atoms with Crippen LogP contribution < -0.4 is 5.32 Å². The summed E-state index contributed by atoms with van der Waals surface area (Å²) in [4.78, 5) is 0. The second-order valence-electron chi connectivity index (χ2n) is 3.28. The van der Waals surface area contributed by atoms with E-state index in [2.05, 4.69) is 42.2 Å². The lowest BCUT2D eigenvalue weighted by Gasteiger charge is -2.06. The van der Waals surface area contributed by atoms with Crippen molar-refractivity contribution < 1.29 is 0 Å². The van der Waals surface area contributed by atoms with E-state index in [1.54, 1.807) is 0 Å². The Hall–Kier alpha value is -1.41. The van der Waals surface area contributed by atoms with Crippen molar-refractivity contribution >= 4 is 18.3 Å². The second kappa shape index (κ2) is 4.89. The van der Waals surface area contributed by atoms with Gasteiger partial charge in [-0.1, -0.05) is 42.5 Å². The summed E-state index contributed by atoms with van der Waals surface area (Å²) in [6.07, 6.45) is 0. The average molecular weight is 215 g/mol. The average Bonchev–Trinajstić information content (AvgIpc) is 2.31. The molecule has 0 aliphatic rings. The maximum absolute atomic E-state index is 4.14. The molecule has 0 bridgehead atoms. The Bertz CT molecular complexity index is 426. The molecule has 0 atom stereocenters. The minimum atomic E-state index is 0.651. The first-order valence-electron chi connectivity index (χ1n) is 4.90. The molecule has 0 amide bonds. The van der Waals surface area contributed by atoms with Crippen LogP contribution in [0.1, 0.15) is 0 Å². The minimum absolute atomic E-state index is 0.651. The maximum atomic E-state index is 4.14. The largest absolute Gasteiger partial charge is 0.376 e. The van der Waals surface area contributed by atoms with E-state index in [4.69, 9.17) is 0 Å². The van der Waals surface area contributed by atoms with Gasteiger partial charge in [0, 0.05) is 5.69 Å². The first kappa shape index (κ1) is 10.1. The zero-order chi connectivity index (χ0) is 10.5. The Labute approximate surface area is 95.6 Å². The molecule has 0 aliphatic heterocycles. The van der Waals surface area contributed by atoms with Crippen molar-refractivity contribution in [3.05, 3.63) is 54.6 Å². The van der Waals surface area contributed by atoms with Gasteiger partial charge in [-0.3, -0.25) is 0 Å². The number of hydrogen-bond donors (Lipinski definition) is 2. The van der Waals surface area contributed by atoms with Crippen LogP contribution in [0.15, 0.2) is 54.6 Å². The molecule has 0 aliphatic carbocycles. The third-order valence-corrected chi connectivity index (χ3v) is 2.41. The fourth-order valence-electron chi connectivity index (χ4n) is 1.53. The summed E-state index contributed by atoms with van der Waals surface area (Å²) in [6.45, 7) is 0. The van der Waals surface area contributed by atoms with Crippen molar-refractivity contribution in [2.75, 3.05) is 11.2 Å². The number of nitrogens with one attached hydrogen (secondary N) is 1. The smallest absolute Gasteiger partial charge is 0.0581 e. The molecule has 0 saturated heterocycles. The normalized spacial score (nSPS) is 9.93. The molecule has 1 nitrogen and oxygen atoms in total. The van der Waals surface area contributed by atoms with Crippen LogP contribution in [-0.4, -0.2) is 5.88 Å². The van der Waals surface area contributed by atoms with E-state index in [-0.39, 0.29) is 0 Å². The number of anilines is 1. The molecule has 2 aromatic carbocycles. The lowest BCUT2D eigenvalue weighted by molar-refractivity contribution is 1.47. The van der Waals surface area contributed by atoms with Crippen LogP contribution in [0.5, 0.6) is 0 Å². The van der Waals surface area contributed by atoms with E-state index in [9.17, 15) is 0 Å². The molecule has 1 N–H and O–H groups in total. The summed E-state index contributed by atoms with van der Waals surface area (Å²) in [5.41, 5.74) is 3.56. The van der Waals surface area contributed by atoms with E-state index < -0.39 is 0 Å². The minimum Gasteiger partial charge on any atom is -0.376 e. The zero-order valence-electron chi connectivity index (χ0n) is 8.35. The molecule has 2 heteroatoms. The van der Waals surface area contributed by atoms with Crippen LogP contribution in [0.2, 0.25) is 0 Å². The van der Waals surface area contributed by atoms with Gasteiger partial charge in [0.15, 0.2) is 0 Å². The Morgan fingerprint density at radius 3 is 2.33 bits per heavy atom. The highest BCUT2D eigenvalue weighted by molar-refractivity contribution is 7.80. The fourth-order valence-corrected chi connectivity index (χ4v) is 1.71. The van der Waals surface area contributed by atoms with Gasteiger partial charge < -0.3 is 5.32 Å². The SMILES string of the molecule is SCNc1cccc(-c2ccccc2)c1. The van der Waals surface area contributed by atoms with Crippen molar-refractivity contribution in [1.82, 2.24) is 0 Å². The van der Waals surface area contributed by atoms with Gasteiger partial charge in [-0.15, -0.1) is 0 Å². The number of hydrogen-bond acceptors (Lipinski definition) is 2. The van der Waals surface area contributed by atoms with E-state index in [0.717, 1.165) is 5.69 Å². The van der Waals surface area contributed by atoms with Gasteiger partial charge >= 0.3 is 0 Å². The molecular formula is C13H13NS. The molecule has 0 heterocycles. The van der Waals surface area contributed by atoms with Crippen LogP contribution in [-0.2, 0) is 0 Å². The van der Waals surface area contributed by atoms with E-state index in [1.807, 2.05) is 30.3 Å². The third kappa shape index (κ3) is 2.54. The summed E-state index contributed by atoms with van der Waals surface area (Å²) >= 11 is 4.14. The first-order valence-corrected chi connectivity index (χ1v) is 5.53. The van der Waals surface area contributed by atoms with Gasteiger partial charge in [-0.2, -0.15) is 12.6 Å². The highest BCUT2D eigenvalue weighted by Gasteiger charge is 1.97.